The molecule has 0 bridgehead atoms. The second kappa shape index (κ2) is 6.78. The minimum atomic E-state index is -0.405. The van der Waals surface area contributed by atoms with E-state index >= 15 is 0 Å². The highest BCUT2D eigenvalue weighted by molar-refractivity contribution is 7.99. The van der Waals surface area contributed by atoms with Crippen LogP contribution in [0.3, 0.4) is 0 Å². The summed E-state index contributed by atoms with van der Waals surface area (Å²) in [5.41, 5.74) is 8.61. The highest BCUT2D eigenvalue weighted by atomic mass is 32.2. The van der Waals surface area contributed by atoms with Crippen LogP contribution in [-0.4, -0.2) is 23.0 Å². The Morgan fingerprint density at radius 1 is 1.26 bits per heavy atom. The van der Waals surface area contributed by atoms with Crippen LogP contribution in [0, 0.1) is 0 Å². The lowest BCUT2D eigenvalue weighted by Crippen LogP contribution is -2.39. The van der Waals surface area contributed by atoms with Crippen molar-refractivity contribution >= 4 is 11.8 Å². The first-order chi connectivity index (χ1) is 9.11. The van der Waals surface area contributed by atoms with E-state index in [-0.39, 0.29) is 6.61 Å². The number of aliphatic hydroxyl groups excluding tert-OH is 1. The summed E-state index contributed by atoms with van der Waals surface area (Å²) in [6.45, 7) is 1.99. The highest BCUT2D eigenvalue weighted by Crippen LogP contribution is 2.28. The van der Waals surface area contributed by atoms with E-state index in [0.29, 0.717) is 0 Å². The predicted molar refractivity (Wildman–Crippen MR) is 82.7 cm³/mol. The molecule has 3 heteroatoms. The van der Waals surface area contributed by atoms with Gasteiger partial charge in [0.1, 0.15) is 0 Å². The van der Waals surface area contributed by atoms with E-state index in [1.807, 2.05) is 18.7 Å². The third-order valence-electron chi connectivity index (χ3n) is 3.84. The number of fused-ring (bicyclic) bond motifs is 1. The van der Waals surface area contributed by atoms with Crippen molar-refractivity contribution in [1.29, 1.82) is 0 Å². The number of rotatable bonds is 7. The quantitative estimate of drug-likeness (QED) is 0.595. The molecule has 0 heterocycles. The van der Waals surface area contributed by atoms with E-state index in [1.54, 1.807) is 11.1 Å². The van der Waals surface area contributed by atoms with Gasteiger partial charge in [-0.25, -0.2) is 0 Å². The Hall–Kier alpha value is -0.510. The first kappa shape index (κ1) is 14.9. The summed E-state index contributed by atoms with van der Waals surface area (Å²) in [6, 6.07) is 6.93. The monoisotopic (exact) mass is 279 g/mol. The molecule has 1 aromatic rings. The molecule has 0 saturated carbocycles. The lowest BCUT2D eigenvalue weighted by atomic mass is 9.98. The fourth-order valence-corrected chi connectivity index (χ4v) is 3.51. The Bertz CT molecular complexity index is 417. The van der Waals surface area contributed by atoms with Crippen LogP contribution in [0.15, 0.2) is 23.1 Å². The van der Waals surface area contributed by atoms with Gasteiger partial charge in [0.25, 0.3) is 0 Å². The molecule has 106 valence electrons. The van der Waals surface area contributed by atoms with Gasteiger partial charge in [0.05, 0.1) is 6.61 Å². The molecule has 2 nitrogen and oxygen atoms in total. The van der Waals surface area contributed by atoms with Crippen molar-refractivity contribution in [1.82, 2.24) is 0 Å². The summed E-state index contributed by atoms with van der Waals surface area (Å²) in [6.07, 6.45) is 6.98. The van der Waals surface area contributed by atoms with Crippen LogP contribution in [0.1, 0.15) is 43.7 Å². The minimum absolute atomic E-state index is 0.0744. The zero-order valence-corrected chi connectivity index (χ0v) is 12.6. The van der Waals surface area contributed by atoms with Crippen molar-refractivity contribution in [3.63, 3.8) is 0 Å². The molecule has 1 unspecified atom stereocenters. The Balaban J connectivity index is 1.69. The molecule has 2 rings (SSSR count). The molecule has 0 amide bonds. The molecule has 3 N–H and O–H groups in total. The van der Waals surface area contributed by atoms with Crippen LogP contribution in [-0.2, 0) is 12.8 Å². The third-order valence-corrected chi connectivity index (χ3v) is 4.92. The SMILES string of the molecule is CC(N)(CO)CCCCSc1ccc2c(c1)CCC2. The molecule has 1 aliphatic carbocycles. The van der Waals surface area contributed by atoms with Crippen molar-refractivity contribution in [3.05, 3.63) is 29.3 Å². The number of benzene rings is 1. The van der Waals surface area contributed by atoms with Gasteiger partial charge in [-0.2, -0.15) is 0 Å². The molecule has 1 aromatic carbocycles. The van der Waals surface area contributed by atoms with Crippen molar-refractivity contribution in [2.24, 2.45) is 5.73 Å². The first-order valence-corrected chi connectivity index (χ1v) is 8.24. The molecular weight excluding hydrogens is 254 g/mol. The molecule has 0 aromatic heterocycles. The summed E-state index contributed by atoms with van der Waals surface area (Å²) in [4.78, 5) is 1.40. The van der Waals surface area contributed by atoms with Gasteiger partial charge in [0.2, 0.25) is 0 Å². The Labute approximate surface area is 120 Å². The Kier molecular flexibility index (Phi) is 5.31. The second-order valence-corrected chi connectivity index (χ2v) is 7.07. The summed E-state index contributed by atoms with van der Waals surface area (Å²) < 4.78 is 0. The van der Waals surface area contributed by atoms with Gasteiger partial charge in [-0.1, -0.05) is 12.5 Å². The summed E-state index contributed by atoms with van der Waals surface area (Å²) in [5.74, 6) is 1.14. The van der Waals surface area contributed by atoms with E-state index in [9.17, 15) is 0 Å². The van der Waals surface area contributed by atoms with E-state index in [2.05, 4.69) is 18.2 Å². The lowest BCUT2D eigenvalue weighted by molar-refractivity contribution is 0.198. The third kappa shape index (κ3) is 4.51. The molecule has 0 saturated heterocycles. The van der Waals surface area contributed by atoms with Gasteiger partial charge in [-0.15, -0.1) is 11.8 Å². The predicted octanol–water partition coefficient (Wildman–Crippen LogP) is 3.15. The average molecular weight is 279 g/mol. The number of hydrogen-bond donors (Lipinski definition) is 2. The van der Waals surface area contributed by atoms with Crippen LogP contribution in [0.4, 0.5) is 0 Å². The molecule has 0 fully saturated rings. The molecule has 1 aliphatic rings. The lowest BCUT2D eigenvalue weighted by Gasteiger charge is -2.21. The zero-order chi connectivity index (χ0) is 13.7. The van der Waals surface area contributed by atoms with Crippen LogP contribution in [0.25, 0.3) is 0 Å². The van der Waals surface area contributed by atoms with Crippen LogP contribution < -0.4 is 5.73 Å². The number of thioether (sulfide) groups is 1. The van der Waals surface area contributed by atoms with Crippen LogP contribution >= 0.6 is 11.8 Å². The summed E-state index contributed by atoms with van der Waals surface area (Å²) >= 11 is 1.94. The standard InChI is InChI=1S/C16H25NOS/c1-16(17,12-18)9-2-3-10-19-15-8-7-13-5-4-6-14(13)11-15/h7-8,11,18H,2-6,9-10,12,17H2,1H3. The van der Waals surface area contributed by atoms with Crippen molar-refractivity contribution in [2.75, 3.05) is 12.4 Å². The number of hydrogen-bond acceptors (Lipinski definition) is 3. The van der Waals surface area contributed by atoms with Gasteiger partial charge < -0.3 is 10.8 Å². The molecule has 0 aliphatic heterocycles. The summed E-state index contributed by atoms with van der Waals surface area (Å²) in [7, 11) is 0. The number of nitrogens with two attached hydrogens (primary N) is 1. The number of unbranched alkanes of at least 4 members (excludes halogenated alkanes) is 1. The van der Waals surface area contributed by atoms with E-state index in [1.165, 1.54) is 24.2 Å². The zero-order valence-electron chi connectivity index (χ0n) is 11.8. The van der Waals surface area contributed by atoms with Crippen LogP contribution in [0.5, 0.6) is 0 Å². The van der Waals surface area contributed by atoms with E-state index in [0.717, 1.165) is 25.0 Å². The Morgan fingerprint density at radius 3 is 2.84 bits per heavy atom. The van der Waals surface area contributed by atoms with Gasteiger partial charge >= 0.3 is 0 Å². The minimum Gasteiger partial charge on any atom is -0.394 e. The molecule has 0 radical (unpaired) electrons. The van der Waals surface area contributed by atoms with Crippen molar-refractivity contribution < 1.29 is 5.11 Å². The fraction of sp³-hybridized carbons (Fsp3) is 0.625. The fourth-order valence-electron chi connectivity index (χ4n) is 2.54. The number of aryl methyl sites for hydroxylation is 2. The maximum absolute atomic E-state index is 9.09. The summed E-state index contributed by atoms with van der Waals surface area (Å²) in [5, 5.41) is 9.09. The molecule has 19 heavy (non-hydrogen) atoms. The van der Waals surface area contributed by atoms with Gasteiger partial charge in [-0.05, 0) is 68.0 Å². The van der Waals surface area contributed by atoms with Gasteiger partial charge in [0, 0.05) is 10.4 Å². The largest absolute Gasteiger partial charge is 0.394 e. The second-order valence-electron chi connectivity index (χ2n) is 5.90. The Morgan fingerprint density at radius 2 is 2.05 bits per heavy atom. The maximum atomic E-state index is 9.09. The van der Waals surface area contributed by atoms with Crippen LogP contribution in [0.2, 0.25) is 0 Å². The molecular formula is C16H25NOS. The van der Waals surface area contributed by atoms with Crippen molar-refractivity contribution in [3.8, 4) is 0 Å². The normalized spacial score (nSPS) is 17.2. The van der Waals surface area contributed by atoms with E-state index in [4.69, 9.17) is 10.8 Å². The average Bonchev–Trinajstić information content (AvgIpc) is 2.85. The van der Waals surface area contributed by atoms with Crippen molar-refractivity contribution in [2.45, 2.75) is 55.9 Å². The van der Waals surface area contributed by atoms with Gasteiger partial charge in [0.15, 0.2) is 0 Å². The molecule has 0 spiro atoms. The first-order valence-electron chi connectivity index (χ1n) is 7.25. The maximum Gasteiger partial charge on any atom is 0.0608 e. The van der Waals surface area contributed by atoms with E-state index < -0.39 is 5.54 Å². The number of aliphatic hydroxyl groups is 1. The highest BCUT2D eigenvalue weighted by Gasteiger charge is 2.15. The van der Waals surface area contributed by atoms with Gasteiger partial charge in [-0.3, -0.25) is 0 Å². The smallest absolute Gasteiger partial charge is 0.0608 e. The topological polar surface area (TPSA) is 46.2 Å². The molecule has 1 atom stereocenters.